The minimum absolute atomic E-state index is 0.00308. The van der Waals surface area contributed by atoms with Crippen LogP contribution in [0.4, 0.5) is 0 Å². The molecule has 2 rings (SSSR count). The Hall–Kier alpha value is -1.54. The number of methoxy groups -OCH3 is 2. The number of carbonyl (C=O) groups excluding carboxylic acids is 1. The quantitative estimate of drug-likeness (QED) is 0.603. The third kappa shape index (κ3) is 3.69. The monoisotopic (exact) mass is 342 g/mol. The molecule has 1 fully saturated rings. The summed E-state index contributed by atoms with van der Waals surface area (Å²) >= 11 is 0. The van der Waals surface area contributed by atoms with Gasteiger partial charge in [-0.25, -0.2) is 23.2 Å². The lowest BCUT2D eigenvalue weighted by Crippen LogP contribution is -2.44. The molecule has 0 aliphatic heterocycles. The number of esters is 1. The summed E-state index contributed by atoms with van der Waals surface area (Å²) in [5.74, 6) is 0.142. The normalized spacial score (nSPS) is 25.1. The lowest BCUT2D eigenvalue weighted by Gasteiger charge is -2.36. The summed E-state index contributed by atoms with van der Waals surface area (Å²) in [5.41, 5.74) is -0.304. The minimum atomic E-state index is -3.38. The summed E-state index contributed by atoms with van der Waals surface area (Å²) in [5, 5.41) is 0.0385. The average molecular weight is 342 g/mol. The van der Waals surface area contributed by atoms with Crippen LogP contribution in [0.3, 0.4) is 0 Å². The van der Waals surface area contributed by atoms with Gasteiger partial charge in [-0.1, -0.05) is 0 Å². The molecular weight excluding hydrogens is 320 g/mol. The SMILES string of the molecule is COC(=O)C1(OC)CCC(c2nc(C)cc(S(C)(=O)=O)n2)CC1. The van der Waals surface area contributed by atoms with Gasteiger partial charge in [0.25, 0.3) is 0 Å². The Labute approximate surface area is 136 Å². The largest absolute Gasteiger partial charge is 0.467 e. The van der Waals surface area contributed by atoms with E-state index >= 15 is 0 Å². The average Bonchev–Trinajstić information content (AvgIpc) is 2.52. The van der Waals surface area contributed by atoms with Crippen LogP contribution >= 0.6 is 0 Å². The Morgan fingerprint density at radius 3 is 2.35 bits per heavy atom. The fourth-order valence-corrected chi connectivity index (χ4v) is 3.60. The van der Waals surface area contributed by atoms with Crippen molar-refractivity contribution in [3.8, 4) is 0 Å². The number of rotatable bonds is 4. The van der Waals surface area contributed by atoms with E-state index in [0.29, 0.717) is 37.2 Å². The van der Waals surface area contributed by atoms with Crippen molar-refractivity contribution in [1.82, 2.24) is 9.97 Å². The lowest BCUT2D eigenvalue weighted by atomic mass is 9.78. The number of hydrogen-bond donors (Lipinski definition) is 0. The second kappa shape index (κ2) is 6.52. The van der Waals surface area contributed by atoms with E-state index in [4.69, 9.17) is 9.47 Å². The molecule has 1 aromatic heterocycles. The van der Waals surface area contributed by atoms with Crippen molar-refractivity contribution >= 4 is 15.8 Å². The van der Waals surface area contributed by atoms with Crippen molar-refractivity contribution < 1.29 is 22.7 Å². The molecule has 1 heterocycles. The Balaban J connectivity index is 2.24. The fourth-order valence-electron chi connectivity index (χ4n) is 2.95. The van der Waals surface area contributed by atoms with Gasteiger partial charge in [-0.15, -0.1) is 0 Å². The first-order valence-electron chi connectivity index (χ1n) is 7.41. The number of ether oxygens (including phenoxy) is 2. The first-order chi connectivity index (χ1) is 10.7. The Kier molecular flexibility index (Phi) is 5.05. The van der Waals surface area contributed by atoms with Crippen molar-refractivity contribution in [2.24, 2.45) is 0 Å². The van der Waals surface area contributed by atoms with E-state index in [0.717, 1.165) is 6.26 Å². The highest BCUT2D eigenvalue weighted by Crippen LogP contribution is 2.39. The van der Waals surface area contributed by atoms with E-state index in [2.05, 4.69) is 9.97 Å². The van der Waals surface area contributed by atoms with Gasteiger partial charge >= 0.3 is 5.97 Å². The summed E-state index contributed by atoms with van der Waals surface area (Å²) in [6, 6.07) is 1.47. The number of carbonyl (C=O) groups is 1. The number of hydrogen-bond acceptors (Lipinski definition) is 7. The summed E-state index contributed by atoms with van der Waals surface area (Å²) < 4.78 is 33.7. The first kappa shape index (κ1) is 17.8. The van der Waals surface area contributed by atoms with E-state index in [1.54, 1.807) is 6.92 Å². The van der Waals surface area contributed by atoms with Gasteiger partial charge in [-0.2, -0.15) is 0 Å². The smallest absolute Gasteiger partial charge is 0.338 e. The van der Waals surface area contributed by atoms with Crippen molar-refractivity contribution in [2.75, 3.05) is 20.5 Å². The summed E-state index contributed by atoms with van der Waals surface area (Å²) in [6.07, 6.45) is 3.39. The van der Waals surface area contributed by atoms with Crippen molar-refractivity contribution in [3.05, 3.63) is 17.6 Å². The van der Waals surface area contributed by atoms with Gasteiger partial charge in [0, 0.05) is 25.0 Å². The van der Waals surface area contributed by atoms with Crippen molar-refractivity contribution in [3.63, 3.8) is 0 Å². The third-order valence-electron chi connectivity index (χ3n) is 4.33. The fraction of sp³-hybridized carbons (Fsp3) is 0.667. The van der Waals surface area contributed by atoms with E-state index in [9.17, 15) is 13.2 Å². The Morgan fingerprint density at radius 2 is 1.87 bits per heavy atom. The summed E-state index contributed by atoms with van der Waals surface area (Å²) in [7, 11) is -0.535. The molecule has 1 saturated carbocycles. The minimum Gasteiger partial charge on any atom is -0.467 e. The van der Waals surface area contributed by atoms with Gasteiger partial charge in [0.15, 0.2) is 20.5 Å². The molecule has 0 radical (unpaired) electrons. The summed E-state index contributed by atoms with van der Waals surface area (Å²) in [6.45, 7) is 1.75. The first-order valence-corrected chi connectivity index (χ1v) is 9.30. The van der Waals surface area contributed by atoms with Crippen LogP contribution in [0.5, 0.6) is 0 Å². The topological polar surface area (TPSA) is 95.5 Å². The molecule has 8 heteroatoms. The predicted octanol–water partition coefficient (Wildman–Crippen LogP) is 1.40. The highest BCUT2D eigenvalue weighted by molar-refractivity contribution is 7.90. The molecule has 1 aromatic rings. The highest BCUT2D eigenvalue weighted by Gasteiger charge is 2.44. The summed E-state index contributed by atoms with van der Waals surface area (Å²) in [4.78, 5) is 20.5. The number of aryl methyl sites for hydroxylation is 1. The van der Waals surface area contributed by atoms with E-state index < -0.39 is 15.4 Å². The zero-order valence-electron chi connectivity index (χ0n) is 13.8. The van der Waals surface area contributed by atoms with Crippen LogP contribution < -0.4 is 0 Å². The standard InChI is InChI=1S/C15H22N2O5S/c1-10-9-12(23(4,19)20)17-13(16-10)11-5-7-15(22-3,8-6-11)14(18)21-2/h9,11H,5-8H2,1-4H3. The number of aromatic nitrogens is 2. The number of sulfone groups is 1. The van der Waals surface area contributed by atoms with Gasteiger partial charge in [0.2, 0.25) is 0 Å². The number of nitrogens with zero attached hydrogens (tertiary/aromatic N) is 2. The Bertz CT molecular complexity index is 694. The second-order valence-electron chi connectivity index (χ2n) is 5.94. The second-order valence-corrected chi connectivity index (χ2v) is 7.90. The molecule has 0 atom stereocenters. The molecule has 0 bridgehead atoms. The van der Waals surface area contributed by atoms with Gasteiger partial charge < -0.3 is 9.47 Å². The zero-order chi connectivity index (χ0) is 17.3. The molecule has 0 saturated heterocycles. The molecule has 128 valence electrons. The van der Waals surface area contributed by atoms with Crippen LogP contribution in [-0.2, 0) is 24.1 Å². The molecule has 0 unspecified atom stereocenters. The van der Waals surface area contributed by atoms with Gasteiger partial charge in [0.1, 0.15) is 5.82 Å². The lowest BCUT2D eigenvalue weighted by molar-refractivity contribution is -0.170. The van der Waals surface area contributed by atoms with Crippen molar-refractivity contribution in [2.45, 2.75) is 49.2 Å². The van der Waals surface area contributed by atoms with Gasteiger partial charge in [-0.05, 0) is 38.7 Å². The molecule has 7 nitrogen and oxygen atoms in total. The molecule has 1 aliphatic rings. The molecule has 0 aromatic carbocycles. The van der Waals surface area contributed by atoms with Gasteiger partial charge in [0.05, 0.1) is 7.11 Å². The Morgan fingerprint density at radius 1 is 1.26 bits per heavy atom. The van der Waals surface area contributed by atoms with Crippen LogP contribution in [0.1, 0.15) is 43.1 Å². The van der Waals surface area contributed by atoms with Crippen LogP contribution in [0.2, 0.25) is 0 Å². The van der Waals surface area contributed by atoms with E-state index in [-0.39, 0.29) is 16.9 Å². The highest BCUT2D eigenvalue weighted by atomic mass is 32.2. The molecule has 0 amide bonds. The zero-order valence-corrected chi connectivity index (χ0v) is 14.6. The molecule has 0 N–H and O–H groups in total. The maximum absolute atomic E-state index is 11.9. The third-order valence-corrected chi connectivity index (χ3v) is 5.30. The van der Waals surface area contributed by atoms with Crippen molar-refractivity contribution in [1.29, 1.82) is 0 Å². The predicted molar refractivity (Wildman–Crippen MR) is 82.8 cm³/mol. The molecular formula is C15H22N2O5S. The molecule has 23 heavy (non-hydrogen) atoms. The molecule has 0 spiro atoms. The van der Waals surface area contributed by atoms with Crippen LogP contribution in [0, 0.1) is 6.92 Å². The van der Waals surface area contributed by atoms with Crippen LogP contribution in [-0.4, -0.2) is 50.4 Å². The van der Waals surface area contributed by atoms with E-state index in [1.165, 1.54) is 20.3 Å². The van der Waals surface area contributed by atoms with Crippen LogP contribution in [0.15, 0.2) is 11.1 Å². The van der Waals surface area contributed by atoms with E-state index in [1.807, 2.05) is 0 Å². The van der Waals surface area contributed by atoms with Crippen LogP contribution in [0.25, 0.3) is 0 Å². The molecule has 1 aliphatic carbocycles. The maximum Gasteiger partial charge on any atom is 0.338 e. The maximum atomic E-state index is 11.9. The van der Waals surface area contributed by atoms with Gasteiger partial charge in [-0.3, -0.25) is 0 Å².